The number of fused-ring (bicyclic) bond motifs is 2. The van der Waals surface area contributed by atoms with Gasteiger partial charge in [0.15, 0.2) is 10.8 Å². The molecule has 0 N–H and O–H groups in total. The quantitative estimate of drug-likeness (QED) is 0.490. The van der Waals surface area contributed by atoms with E-state index >= 15 is 0 Å². The van der Waals surface area contributed by atoms with Crippen molar-refractivity contribution >= 4 is 51.6 Å². The Kier molecular flexibility index (Phi) is 3.71. The number of thioether (sulfide) groups is 1. The average Bonchev–Trinajstić information content (AvgIpc) is 3.07. The van der Waals surface area contributed by atoms with Crippen LogP contribution in [0.3, 0.4) is 0 Å². The number of aromatic nitrogens is 4. The highest BCUT2D eigenvalue weighted by molar-refractivity contribution is 7.98. The Labute approximate surface area is 147 Å². The molecule has 4 rings (SSSR count). The van der Waals surface area contributed by atoms with Crippen molar-refractivity contribution in [3.8, 4) is 0 Å². The first-order valence-corrected chi connectivity index (χ1v) is 8.73. The van der Waals surface area contributed by atoms with E-state index in [1.54, 1.807) is 24.0 Å². The number of para-hydroxylation sites is 2. The van der Waals surface area contributed by atoms with Crippen LogP contribution in [0.25, 0.3) is 16.7 Å². The highest BCUT2D eigenvalue weighted by Crippen LogP contribution is 2.27. The molecule has 0 saturated carbocycles. The second kappa shape index (κ2) is 5.74. The third-order valence-corrected chi connectivity index (χ3v) is 5.17. The number of hydrogen-bond donors (Lipinski definition) is 0. The highest BCUT2D eigenvalue weighted by atomic mass is 35.5. The molecule has 3 aromatic heterocycles. The van der Waals surface area contributed by atoms with Gasteiger partial charge in [0.05, 0.1) is 26.8 Å². The Balaban J connectivity index is 1.63. The molecule has 23 heavy (non-hydrogen) atoms. The van der Waals surface area contributed by atoms with Crippen LogP contribution in [0.15, 0.2) is 47.9 Å². The predicted molar refractivity (Wildman–Crippen MR) is 95.5 cm³/mol. The van der Waals surface area contributed by atoms with Gasteiger partial charge >= 0.3 is 0 Å². The lowest BCUT2D eigenvalue weighted by Gasteiger charge is -2.00. The summed E-state index contributed by atoms with van der Waals surface area (Å²) in [6.07, 6.45) is 3.75. The fraction of sp³-hybridized carbons (Fsp3) is 0.125. The Hall–Kier alpha value is -1.69. The topological polar surface area (TPSA) is 35.1 Å². The summed E-state index contributed by atoms with van der Waals surface area (Å²) < 4.78 is 3.95. The first-order valence-electron chi connectivity index (χ1n) is 6.99. The Morgan fingerprint density at radius 1 is 1.13 bits per heavy atom. The van der Waals surface area contributed by atoms with E-state index in [4.69, 9.17) is 23.2 Å². The fourth-order valence-electron chi connectivity index (χ4n) is 2.54. The molecular weight excluding hydrogens is 351 g/mol. The summed E-state index contributed by atoms with van der Waals surface area (Å²) in [4.78, 5) is 9.22. The van der Waals surface area contributed by atoms with E-state index in [1.807, 2.05) is 35.8 Å². The summed E-state index contributed by atoms with van der Waals surface area (Å²) in [5.41, 5.74) is 3.78. The zero-order valence-electron chi connectivity index (χ0n) is 12.2. The lowest BCUT2D eigenvalue weighted by atomic mass is 10.3. The molecule has 0 spiro atoms. The summed E-state index contributed by atoms with van der Waals surface area (Å²) in [5.74, 6) is 0.715. The summed E-state index contributed by atoms with van der Waals surface area (Å²) in [6.45, 7) is 0. The predicted octanol–water partition coefficient (Wildman–Crippen LogP) is 4.82. The maximum absolute atomic E-state index is 6.18. The van der Waals surface area contributed by atoms with E-state index in [0.29, 0.717) is 15.8 Å². The van der Waals surface area contributed by atoms with Crippen molar-refractivity contribution in [3.63, 3.8) is 0 Å². The van der Waals surface area contributed by atoms with E-state index in [1.165, 1.54) is 0 Å². The molecule has 0 atom stereocenters. The molecule has 4 aromatic rings. The molecule has 116 valence electrons. The molecule has 1 aromatic carbocycles. The van der Waals surface area contributed by atoms with Gasteiger partial charge in [-0.05, 0) is 18.2 Å². The molecular formula is C16H12Cl2N4S. The van der Waals surface area contributed by atoms with Gasteiger partial charge in [0, 0.05) is 25.2 Å². The van der Waals surface area contributed by atoms with Gasteiger partial charge in [0.1, 0.15) is 0 Å². The molecule has 0 fully saturated rings. The third kappa shape index (κ3) is 2.69. The van der Waals surface area contributed by atoms with Gasteiger partial charge in [-0.25, -0.2) is 9.97 Å². The Morgan fingerprint density at radius 3 is 2.78 bits per heavy atom. The minimum Gasteiger partial charge on any atom is -0.322 e. The van der Waals surface area contributed by atoms with Crippen molar-refractivity contribution in [1.29, 1.82) is 0 Å². The second-order valence-electron chi connectivity index (χ2n) is 5.20. The minimum atomic E-state index is 0.552. The molecule has 0 bridgehead atoms. The van der Waals surface area contributed by atoms with Crippen molar-refractivity contribution in [2.45, 2.75) is 10.9 Å². The van der Waals surface area contributed by atoms with Gasteiger partial charge < -0.3 is 8.97 Å². The third-order valence-electron chi connectivity index (χ3n) is 3.62. The monoisotopic (exact) mass is 362 g/mol. The maximum Gasteiger partial charge on any atom is 0.169 e. The van der Waals surface area contributed by atoms with Gasteiger partial charge in [-0.1, -0.05) is 47.1 Å². The lowest BCUT2D eigenvalue weighted by molar-refractivity contribution is 0.814. The molecule has 0 unspecified atom stereocenters. The summed E-state index contributed by atoms with van der Waals surface area (Å²) in [5, 5.41) is 2.11. The van der Waals surface area contributed by atoms with E-state index in [0.717, 1.165) is 27.5 Å². The van der Waals surface area contributed by atoms with Gasteiger partial charge in [-0.2, -0.15) is 0 Å². The van der Waals surface area contributed by atoms with E-state index in [2.05, 4.69) is 20.6 Å². The molecule has 7 heteroatoms. The number of benzene rings is 1. The first-order chi connectivity index (χ1) is 11.1. The molecule has 3 heterocycles. The summed E-state index contributed by atoms with van der Waals surface area (Å²) >= 11 is 13.9. The largest absolute Gasteiger partial charge is 0.322 e. The van der Waals surface area contributed by atoms with Crippen molar-refractivity contribution in [3.05, 3.63) is 58.5 Å². The molecule has 0 amide bonds. The second-order valence-corrected chi connectivity index (χ2v) is 6.99. The Morgan fingerprint density at radius 2 is 1.96 bits per heavy atom. The van der Waals surface area contributed by atoms with Gasteiger partial charge in [0.25, 0.3) is 0 Å². The van der Waals surface area contributed by atoms with Crippen LogP contribution in [0, 0.1) is 0 Å². The molecule has 0 radical (unpaired) electrons. The van der Waals surface area contributed by atoms with Crippen molar-refractivity contribution in [2.75, 3.05) is 0 Å². The number of hydrogen-bond acceptors (Lipinski definition) is 3. The van der Waals surface area contributed by atoms with Gasteiger partial charge in [-0.15, -0.1) is 0 Å². The molecule has 0 aliphatic carbocycles. The maximum atomic E-state index is 6.18. The van der Waals surface area contributed by atoms with Crippen LogP contribution in [0.2, 0.25) is 10.0 Å². The van der Waals surface area contributed by atoms with Crippen LogP contribution in [-0.2, 0) is 12.8 Å². The smallest absolute Gasteiger partial charge is 0.169 e. The van der Waals surface area contributed by atoms with Crippen LogP contribution in [0.1, 0.15) is 5.69 Å². The average molecular weight is 363 g/mol. The van der Waals surface area contributed by atoms with Crippen LogP contribution in [-0.4, -0.2) is 18.9 Å². The van der Waals surface area contributed by atoms with Gasteiger partial charge in [-0.3, -0.25) is 0 Å². The number of rotatable bonds is 3. The zero-order valence-corrected chi connectivity index (χ0v) is 14.5. The molecule has 0 aliphatic heterocycles. The van der Waals surface area contributed by atoms with Crippen LogP contribution in [0.5, 0.6) is 0 Å². The highest BCUT2D eigenvalue weighted by Gasteiger charge is 2.11. The first kappa shape index (κ1) is 14.9. The Bertz CT molecular complexity index is 1020. The fourth-order valence-corrected chi connectivity index (χ4v) is 3.93. The normalized spacial score (nSPS) is 11.6. The van der Waals surface area contributed by atoms with E-state index in [9.17, 15) is 0 Å². The number of aryl methyl sites for hydroxylation is 1. The van der Waals surface area contributed by atoms with Crippen LogP contribution >= 0.6 is 35.0 Å². The molecule has 4 nitrogen and oxygen atoms in total. The standard InChI is InChI=1S/C16H12Cl2N4S/c1-21-14-5-3-2-4-13(14)20-16(21)23-9-11-8-22-7-10(17)6-12(18)15(22)19-11/h2-8H,9H2,1H3. The molecule has 0 saturated heterocycles. The van der Waals surface area contributed by atoms with Crippen molar-refractivity contribution < 1.29 is 0 Å². The number of pyridine rings is 1. The summed E-state index contributed by atoms with van der Waals surface area (Å²) in [7, 11) is 2.03. The zero-order chi connectivity index (χ0) is 16.0. The number of imidazole rings is 2. The summed E-state index contributed by atoms with van der Waals surface area (Å²) in [6, 6.07) is 9.81. The number of nitrogens with zero attached hydrogens (tertiary/aromatic N) is 4. The minimum absolute atomic E-state index is 0.552. The van der Waals surface area contributed by atoms with E-state index in [-0.39, 0.29) is 0 Å². The lowest BCUT2D eigenvalue weighted by Crippen LogP contribution is -1.91. The number of halogens is 2. The van der Waals surface area contributed by atoms with Crippen molar-refractivity contribution in [2.24, 2.45) is 7.05 Å². The van der Waals surface area contributed by atoms with E-state index < -0.39 is 0 Å². The SMILES string of the molecule is Cn1c(SCc2cn3cc(Cl)cc(Cl)c3n2)nc2ccccc21. The van der Waals surface area contributed by atoms with Crippen LogP contribution in [0.4, 0.5) is 0 Å². The molecule has 0 aliphatic rings. The van der Waals surface area contributed by atoms with Gasteiger partial charge in [0.2, 0.25) is 0 Å². The van der Waals surface area contributed by atoms with Crippen LogP contribution < -0.4 is 0 Å². The van der Waals surface area contributed by atoms with Crippen molar-refractivity contribution in [1.82, 2.24) is 18.9 Å².